The third-order valence-electron chi connectivity index (χ3n) is 4.33. The summed E-state index contributed by atoms with van der Waals surface area (Å²) in [5.74, 6) is 0.140. The predicted molar refractivity (Wildman–Crippen MR) is 105 cm³/mol. The van der Waals surface area contributed by atoms with Crippen LogP contribution in [0, 0.1) is 24.0 Å². The van der Waals surface area contributed by atoms with E-state index in [2.05, 4.69) is 10.4 Å². The lowest BCUT2D eigenvalue weighted by Crippen LogP contribution is -2.27. The first kappa shape index (κ1) is 19.1. The molecule has 0 saturated heterocycles. The fourth-order valence-electron chi connectivity index (χ4n) is 2.96. The molecular formula is C20H20N4O4. The molecule has 1 aromatic heterocycles. The van der Waals surface area contributed by atoms with Crippen molar-refractivity contribution in [2.24, 2.45) is 0 Å². The van der Waals surface area contributed by atoms with Gasteiger partial charge in [-0.1, -0.05) is 36.4 Å². The molecule has 3 rings (SSSR count). The molecule has 1 amide bonds. The summed E-state index contributed by atoms with van der Waals surface area (Å²) in [6.07, 6.45) is 1.28. The monoisotopic (exact) mass is 380 g/mol. The van der Waals surface area contributed by atoms with E-state index in [9.17, 15) is 14.9 Å². The quantitative estimate of drug-likeness (QED) is 0.520. The largest absolute Gasteiger partial charge is 0.495 e. The Hall–Kier alpha value is -3.68. The molecular weight excluding hydrogens is 360 g/mol. The first-order valence-corrected chi connectivity index (χ1v) is 8.61. The molecule has 3 aromatic rings. The summed E-state index contributed by atoms with van der Waals surface area (Å²) in [5, 5.41) is 18.3. The maximum atomic E-state index is 13.2. The van der Waals surface area contributed by atoms with Crippen molar-refractivity contribution < 1.29 is 14.5 Å². The van der Waals surface area contributed by atoms with E-state index in [4.69, 9.17) is 4.74 Å². The number of nitrogens with one attached hydrogen (secondary N) is 1. The zero-order valence-electron chi connectivity index (χ0n) is 15.7. The molecule has 1 heterocycles. The zero-order chi connectivity index (χ0) is 20.3. The van der Waals surface area contributed by atoms with Crippen LogP contribution in [0.3, 0.4) is 0 Å². The molecule has 144 valence electrons. The number of nitro groups is 1. The lowest BCUT2D eigenvalue weighted by atomic mass is 10.1. The molecule has 0 spiro atoms. The molecule has 28 heavy (non-hydrogen) atoms. The zero-order valence-corrected chi connectivity index (χ0v) is 15.7. The Morgan fingerprint density at radius 2 is 1.93 bits per heavy atom. The number of aromatic nitrogens is 2. The second kappa shape index (κ2) is 7.91. The number of hydrogen-bond acceptors (Lipinski definition) is 5. The van der Waals surface area contributed by atoms with Crippen LogP contribution in [0.5, 0.6) is 5.75 Å². The summed E-state index contributed by atoms with van der Waals surface area (Å²) in [7, 11) is 1.52. The minimum atomic E-state index is -0.876. The highest BCUT2D eigenvalue weighted by molar-refractivity contribution is 5.97. The van der Waals surface area contributed by atoms with Gasteiger partial charge in [0.2, 0.25) is 0 Å². The van der Waals surface area contributed by atoms with Crippen molar-refractivity contribution in [1.82, 2.24) is 9.78 Å². The van der Waals surface area contributed by atoms with Gasteiger partial charge in [0.1, 0.15) is 17.6 Å². The minimum absolute atomic E-state index is 0.137. The number of carbonyl (C=O) groups excluding carboxylic acids is 1. The number of nitrogens with zero attached hydrogens (tertiary/aromatic N) is 3. The summed E-state index contributed by atoms with van der Waals surface area (Å²) >= 11 is 0. The summed E-state index contributed by atoms with van der Waals surface area (Å²) in [6.45, 7) is 3.45. The van der Waals surface area contributed by atoms with Gasteiger partial charge < -0.3 is 10.1 Å². The van der Waals surface area contributed by atoms with E-state index in [-0.39, 0.29) is 17.3 Å². The smallest absolute Gasteiger partial charge is 0.309 e. The van der Waals surface area contributed by atoms with Crippen LogP contribution < -0.4 is 10.1 Å². The topological polar surface area (TPSA) is 99.3 Å². The molecule has 0 radical (unpaired) electrons. The lowest BCUT2D eigenvalue weighted by Gasteiger charge is -2.19. The molecule has 0 aliphatic heterocycles. The highest BCUT2D eigenvalue weighted by Crippen LogP contribution is 2.29. The minimum Gasteiger partial charge on any atom is -0.495 e. The Balaban J connectivity index is 2.03. The van der Waals surface area contributed by atoms with Crippen molar-refractivity contribution in [3.63, 3.8) is 0 Å². The van der Waals surface area contributed by atoms with Crippen LogP contribution in [-0.2, 0) is 4.79 Å². The van der Waals surface area contributed by atoms with Gasteiger partial charge in [0.25, 0.3) is 5.91 Å². The number of aryl methyl sites for hydroxylation is 2. The Labute approximate surface area is 161 Å². The highest BCUT2D eigenvalue weighted by atomic mass is 16.6. The van der Waals surface area contributed by atoms with Crippen LogP contribution in [-0.4, -0.2) is 27.7 Å². The van der Waals surface area contributed by atoms with Gasteiger partial charge in [-0.25, -0.2) is 4.68 Å². The Morgan fingerprint density at radius 3 is 2.54 bits per heavy atom. The summed E-state index contributed by atoms with van der Waals surface area (Å²) in [4.78, 5) is 23.9. The van der Waals surface area contributed by atoms with E-state index in [1.165, 1.54) is 24.9 Å². The number of methoxy groups -OCH3 is 1. The first-order valence-electron chi connectivity index (χ1n) is 8.61. The maximum absolute atomic E-state index is 13.2. The van der Waals surface area contributed by atoms with Crippen molar-refractivity contribution in [2.75, 3.05) is 12.4 Å². The molecule has 1 atom stereocenters. The average Bonchev–Trinajstić information content (AvgIpc) is 3.04. The van der Waals surface area contributed by atoms with Crippen LogP contribution in [0.4, 0.5) is 11.4 Å². The highest BCUT2D eigenvalue weighted by Gasteiger charge is 2.28. The molecule has 8 heteroatoms. The van der Waals surface area contributed by atoms with Crippen LogP contribution in [0.2, 0.25) is 0 Å². The van der Waals surface area contributed by atoms with Crippen molar-refractivity contribution >= 4 is 17.3 Å². The van der Waals surface area contributed by atoms with E-state index in [1.54, 1.807) is 36.4 Å². The molecule has 0 saturated carbocycles. The van der Waals surface area contributed by atoms with E-state index < -0.39 is 11.0 Å². The standard InChI is InChI=1S/C20H20N4O4/c1-13-9-10-18(28-3)16(11-13)21-20(25)19(15-7-5-4-6-8-15)23-12-17(24(26)27)14(2)22-23/h4-12,19H,1-3H3,(H,21,25). The number of hydrogen-bond donors (Lipinski definition) is 1. The van der Waals surface area contributed by atoms with Gasteiger partial charge in [0.05, 0.1) is 17.7 Å². The fraction of sp³-hybridized carbons (Fsp3) is 0.200. The number of ether oxygens (including phenoxy) is 1. The maximum Gasteiger partial charge on any atom is 0.309 e. The first-order chi connectivity index (χ1) is 13.4. The molecule has 8 nitrogen and oxygen atoms in total. The molecule has 0 bridgehead atoms. The number of carbonyl (C=O) groups is 1. The molecule has 1 unspecified atom stereocenters. The van der Waals surface area contributed by atoms with Gasteiger partial charge in [0.15, 0.2) is 6.04 Å². The molecule has 0 aliphatic rings. The van der Waals surface area contributed by atoms with Crippen LogP contribution in [0.25, 0.3) is 0 Å². The van der Waals surface area contributed by atoms with Gasteiger partial charge >= 0.3 is 5.69 Å². The van der Waals surface area contributed by atoms with Crippen molar-refractivity contribution in [3.05, 3.63) is 81.7 Å². The molecule has 0 aliphatic carbocycles. The van der Waals surface area contributed by atoms with Gasteiger partial charge in [0, 0.05) is 0 Å². The molecule has 2 aromatic carbocycles. The second-order valence-corrected chi connectivity index (χ2v) is 6.34. The van der Waals surface area contributed by atoms with Crippen molar-refractivity contribution in [1.29, 1.82) is 0 Å². The van der Waals surface area contributed by atoms with Gasteiger partial charge in [-0.15, -0.1) is 0 Å². The summed E-state index contributed by atoms with van der Waals surface area (Å²) in [6, 6.07) is 13.6. The molecule has 0 fully saturated rings. The van der Waals surface area contributed by atoms with Crippen LogP contribution >= 0.6 is 0 Å². The Morgan fingerprint density at radius 1 is 1.21 bits per heavy atom. The van der Waals surface area contributed by atoms with Crippen molar-refractivity contribution in [3.8, 4) is 5.75 Å². The summed E-state index contributed by atoms with van der Waals surface area (Å²) < 4.78 is 6.64. The normalized spacial score (nSPS) is 11.7. The Kier molecular flexibility index (Phi) is 5.39. The van der Waals surface area contributed by atoms with Gasteiger partial charge in [-0.05, 0) is 37.1 Å². The number of amides is 1. The number of anilines is 1. The van der Waals surface area contributed by atoms with E-state index in [0.717, 1.165) is 5.56 Å². The fourth-order valence-corrected chi connectivity index (χ4v) is 2.96. The van der Waals surface area contributed by atoms with Crippen LogP contribution in [0.1, 0.15) is 22.9 Å². The van der Waals surface area contributed by atoms with Gasteiger partial charge in [-0.3, -0.25) is 14.9 Å². The molecule has 1 N–H and O–H groups in total. The Bertz CT molecular complexity index is 1010. The third-order valence-corrected chi connectivity index (χ3v) is 4.33. The summed E-state index contributed by atoms with van der Waals surface area (Å²) in [5.41, 5.74) is 2.24. The van der Waals surface area contributed by atoms with E-state index in [1.807, 2.05) is 19.1 Å². The lowest BCUT2D eigenvalue weighted by molar-refractivity contribution is -0.385. The number of rotatable bonds is 6. The van der Waals surface area contributed by atoms with Gasteiger partial charge in [-0.2, -0.15) is 5.10 Å². The third kappa shape index (κ3) is 3.85. The second-order valence-electron chi connectivity index (χ2n) is 6.34. The SMILES string of the molecule is COc1ccc(C)cc1NC(=O)C(c1ccccc1)n1cc([N+](=O)[O-])c(C)n1. The van der Waals surface area contributed by atoms with E-state index in [0.29, 0.717) is 17.0 Å². The average molecular weight is 380 g/mol. The van der Waals surface area contributed by atoms with Crippen molar-refractivity contribution in [2.45, 2.75) is 19.9 Å². The van der Waals surface area contributed by atoms with E-state index >= 15 is 0 Å². The number of benzene rings is 2. The predicted octanol–water partition coefficient (Wildman–Crippen LogP) is 3.64. The van der Waals surface area contributed by atoms with Crippen LogP contribution in [0.15, 0.2) is 54.7 Å².